The molecule has 2 N–H and O–H groups in total. The van der Waals surface area contributed by atoms with Crippen LogP contribution in [0.4, 0.5) is 0 Å². The van der Waals surface area contributed by atoms with Crippen LogP contribution in [-0.2, 0) is 4.79 Å². The van der Waals surface area contributed by atoms with Crippen LogP contribution in [-0.4, -0.2) is 48.7 Å². The summed E-state index contributed by atoms with van der Waals surface area (Å²) >= 11 is 0. The maximum Gasteiger partial charge on any atom is 0.246 e. The Morgan fingerprint density at radius 3 is 2.62 bits per heavy atom. The molecule has 0 aromatic heterocycles. The third kappa shape index (κ3) is 4.33. The van der Waals surface area contributed by atoms with Gasteiger partial charge in [0.2, 0.25) is 5.91 Å². The second-order valence-electron chi connectivity index (χ2n) is 4.50. The van der Waals surface area contributed by atoms with Crippen molar-refractivity contribution < 1.29 is 9.90 Å². The minimum absolute atomic E-state index is 0.0437. The highest BCUT2D eigenvalue weighted by Crippen LogP contribution is 2.15. The van der Waals surface area contributed by atoms with E-state index in [0.29, 0.717) is 11.5 Å². The summed E-state index contributed by atoms with van der Waals surface area (Å²) in [6.07, 6.45) is 2.19. The number of rotatable bonds is 5. The molecule has 16 heavy (non-hydrogen) atoms. The molecule has 1 saturated heterocycles. The van der Waals surface area contributed by atoms with Gasteiger partial charge in [-0.1, -0.05) is 6.58 Å². The number of aliphatic hydroxyl groups is 1. The van der Waals surface area contributed by atoms with Gasteiger partial charge in [-0.05, 0) is 38.8 Å². The van der Waals surface area contributed by atoms with Gasteiger partial charge in [0.1, 0.15) is 0 Å². The van der Waals surface area contributed by atoms with Crippen LogP contribution in [0.2, 0.25) is 0 Å². The average Bonchev–Trinajstić information content (AvgIpc) is 2.28. The molecule has 4 nitrogen and oxygen atoms in total. The lowest BCUT2D eigenvalue weighted by Gasteiger charge is -2.31. The van der Waals surface area contributed by atoms with Crippen LogP contribution in [0.3, 0.4) is 0 Å². The molecule has 0 atom stereocenters. The topological polar surface area (TPSA) is 52.6 Å². The van der Waals surface area contributed by atoms with Crippen LogP contribution >= 0.6 is 0 Å². The SMILES string of the molecule is C=C(C)C(=O)NCC1CCN(CCO)CC1. The van der Waals surface area contributed by atoms with Gasteiger partial charge >= 0.3 is 0 Å². The first-order valence-electron chi connectivity index (χ1n) is 5.90. The maximum absolute atomic E-state index is 11.3. The van der Waals surface area contributed by atoms with Crippen molar-refractivity contribution in [3.8, 4) is 0 Å². The molecule has 0 aromatic rings. The zero-order chi connectivity index (χ0) is 12.0. The first kappa shape index (κ1) is 13.2. The standard InChI is InChI=1S/C12H22N2O2/c1-10(2)12(16)13-9-11-3-5-14(6-4-11)7-8-15/h11,15H,1,3-9H2,2H3,(H,13,16). The van der Waals surface area contributed by atoms with E-state index in [1.54, 1.807) is 6.92 Å². The second-order valence-corrected chi connectivity index (χ2v) is 4.50. The summed E-state index contributed by atoms with van der Waals surface area (Å²) in [5, 5.41) is 11.7. The van der Waals surface area contributed by atoms with Gasteiger partial charge in [-0.25, -0.2) is 0 Å². The number of carbonyl (C=O) groups excluding carboxylic acids is 1. The molecular formula is C12H22N2O2. The summed E-state index contributed by atoms with van der Waals surface area (Å²) in [4.78, 5) is 13.6. The van der Waals surface area contributed by atoms with E-state index >= 15 is 0 Å². The van der Waals surface area contributed by atoms with Gasteiger partial charge in [0.05, 0.1) is 6.61 Å². The van der Waals surface area contributed by atoms with E-state index in [-0.39, 0.29) is 12.5 Å². The highest BCUT2D eigenvalue weighted by atomic mass is 16.3. The van der Waals surface area contributed by atoms with E-state index < -0.39 is 0 Å². The van der Waals surface area contributed by atoms with Crippen molar-refractivity contribution in [2.24, 2.45) is 5.92 Å². The van der Waals surface area contributed by atoms with Crippen LogP contribution in [0.25, 0.3) is 0 Å². The van der Waals surface area contributed by atoms with Crippen molar-refractivity contribution in [3.63, 3.8) is 0 Å². The molecule has 0 radical (unpaired) electrons. The molecule has 1 rings (SSSR count). The Labute approximate surface area is 97.3 Å². The minimum atomic E-state index is -0.0437. The summed E-state index contributed by atoms with van der Waals surface area (Å²) in [5.41, 5.74) is 0.567. The number of nitrogens with one attached hydrogen (secondary N) is 1. The van der Waals surface area contributed by atoms with Gasteiger partial charge in [-0.2, -0.15) is 0 Å². The predicted octanol–water partition coefficient (Wildman–Crippen LogP) is 0.383. The molecule has 0 unspecified atom stereocenters. The molecule has 0 aromatic carbocycles. The van der Waals surface area contributed by atoms with E-state index in [9.17, 15) is 4.79 Å². The Morgan fingerprint density at radius 2 is 2.12 bits per heavy atom. The van der Waals surface area contributed by atoms with Gasteiger partial charge in [-0.15, -0.1) is 0 Å². The van der Waals surface area contributed by atoms with Crippen molar-refractivity contribution >= 4 is 5.91 Å². The maximum atomic E-state index is 11.3. The van der Waals surface area contributed by atoms with E-state index in [2.05, 4.69) is 16.8 Å². The molecule has 0 saturated carbocycles. The smallest absolute Gasteiger partial charge is 0.246 e. The van der Waals surface area contributed by atoms with E-state index in [4.69, 9.17) is 5.11 Å². The van der Waals surface area contributed by atoms with Crippen molar-refractivity contribution in [2.45, 2.75) is 19.8 Å². The molecule has 1 amide bonds. The van der Waals surface area contributed by atoms with E-state index in [0.717, 1.165) is 39.0 Å². The summed E-state index contributed by atoms with van der Waals surface area (Å²) < 4.78 is 0. The Balaban J connectivity index is 2.17. The predicted molar refractivity (Wildman–Crippen MR) is 64.1 cm³/mol. The second kappa shape index (κ2) is 6.66. The van der Waals surface area contributed by atoms with Gasteiger partial charge in [-0.3, -0.25) is 4.79 Å². The van der Waals surface area contributed by atoms with Crippen LogP contribution in [0.5, 0.6) is 0 Å². The number of β-amino-alcohol motifs (C(OH)–C–C–N with tert-alkyl or cyclic N) is 1. The minimum Gasteiger partial charge on any atom is -0.395 e. The van der Waals surface area contributed by atoms with Gasteiger partial charge in [0.25, 0.3) is 0 Å². The number of carbonyl (C=O) groups is 1. The lowest BCUT2D eigenvalue weighted by molar-refractivity contribution is -0.117. The third-order valence-electron chi connectivity index (χ3n) is 3.06. The summed E-state index contributed by atoms with van der Waals surface area (Å²) in [5.74, 6) is 0.524. The Morgan fingerprint density at radius 1 is 1.50 bits per heavy atom. The monoisotopic (exact) mass is 226 g/mol. The number of aliphatic hydroxyl groups excluding tert-OH is 1. The summed E-state index contributed by atoms with van der Waals surface area (Å²) in [7, 11) is 0. The normalized spacial score (nSPS) is 18.4. The molecule has 4 heteroatoms. The fourth-order valence-corrected chi connectivity index (χ4v) is 1.94. The molecule has 0 bridgehead atoms. The van der Waals surface area contributed by atoms with Crippen molar-refractivity contribution in [1.29, 1.82) is 0 Å². The number of hydrogen-bond acceptors (Lipinski definition) is 3. The van der Waals surface area contributed by atoms with Crippen molar-refractivity contribution in [3.05, 3.63) is 12.2 Å². The zero-order valence-electron chi connectivity index (χ0n) is 10.0. The molecule has 1 aliphatic rings. The average molecular weight is 226 g/mol. The summed E-state index contributed by atoms with van der Waals surface area (Å²) in [6, 6.07) is 0. The van der Waals surface area contributed by atoms with E-state index in [1.165, 1.54) is 0 Å². The molecule has 1 aliphatic heterocycles. The Kier molecular flexibility index (Phi) is 5.49. The fourth-order valence-electron chi connectivity index (χ4n) is 1.94. The van der Waals surface area contributed by atoms with Crippen LogP contribution in [0, 0.1) is 5.92 Å². The number of amides is 1. The van der Waals surface area contributed by atoms with Crippen molar-refractivity contribution in [1.82, 2.24) is 10.2 Å². The largest absolute Gasteiger partial charge is 0.395 e. The molecule has 92 valence electrons. The Hall–Kier alpha value is -0.870. The number of nitrogens with zero attached hydrogens (tertiary/aromatic N) is 1. The first-order chi connectivity index (χ1) is 7.63. The van der Waals surface area contributed by atoms with Crippen LogP contribution in [0.1, 0.15) is 19.8 Å². The number of piperidine rings is 1. The Bertz CT molecular complexity index is 245. The molecule has 1 fully saturated rings. The van der Waals surface area contributed by atoms with Gasteiger partial charge < -0.3 is 15.3 Å². The lowest BCUT2D eigenvalue weighted by Crippen LogP contribution is -2.39. The van der Waals surface area contributed by atoms with E-state index in [1.807, 2.05) is 0 Å². The molecular weight excluding hydrogens is 204 g/mol. The molecule has 0 spiro atoms. The zero-order valence-corrected chi connectivity index (χ0v) is 10.0. The quantitative estimate of drug-likeness (QED) is 0.667. The third-order valence-corrected chi connectivity index (χ3v) is 3.06. The number of likely N-dealkylation sites (tertiary alicyclic amines) is 1. The highest BCUT2D eigenvalue weighted by molar-refractivity contribution is 5.92. The van der Waals surface area contributed by atoms with Gasteiger partial charge in [0, 0.05) is 18.7 Å². The molecule has 1 heterocycles. The van der Waals surface area contributed by atoms with Crippen LogP contribution in [0.15, 0.2) is 12.2 Å². The summed E-state index contributed by atoms with van der Waals surface area (Å²) in [6.45, 7) is 9.12. The van der Waals surface area contributed by atoms with Gasteiger partial charge in [0.15, 0.2) is 0 Å². The number of hydrogen-bond donors (Lipinski definition) is 2. The van der Waals surface area contributed by atoms with Crippen LogP contribution < -0.4 is 5.32 Å². The molecule has 0 aliphatic carbocycles. The lowest BCUT2D eigenvalue weighted by atomic mass is 9.97. The highest BCUT2D eigenvalue weighted by Gasteiger charge is 2.18. The first-order valence-corrected chi connectivity index (χ1v) is 5.90. The van der Waals surface area contributed by atoms with Crippen molar-refractivity contribution in [2.75, 3.05) is 32.8 Å². The fraction of sp³-hybridized carbons (Fsp3) is 0.750.